The standard InChI is InChI=1S/C29H40O5/c1-8-9-10-11-19-31-27-26(32-20-18-22(4)15-12-14-21(2)3)23-16-13-17-24(34-29(5,6)7)25(23)33-28(27)30/h9-10,13-14,16-18H,8,11-12,15,19-20H2,1-7H3. The highest BCUT2D eigenvalue weighted by atomic mass is 16.5. The fourth-order valence-corrected chi connectivity index (χ4v) is 3.30. The van der Waals surface area contributed by atoms with Gasteiger partial charge in [-0.2, -0.15) is 0 Å². The maximum absolute atomic E-state index is 12.9. The van der Waals surface area contributed by atoms with Gasteiger partial charge in [0.2, 0.25) is 5.75 Å². The van der Waals surface area contributed by atoms with Crippen molar-refractivity contribution in [3.05, 3.63) is 64.1 Å². The van der Waals surface area contributed by atoms with E-state index in [-0.39, 0.29) is 5.75 Å². The lowest BCUT2D eigenvalue weighted by atomic mass is 10.1. The van der Waals surface area contributed by atoms with E-state index in [0.717, 1.165) is 19.3 Å². The average molecular weight is 469 g/mol. The predicted octanol–water partition coefficient (Wildman–Crippen LogP) is 7.78. The van der Waals surface area contributed by atoms with E-state index in [1.165, 1.54) is 11.1 Å². The molecular weight excluding hydrogens is 428 g/mol. The van der Waals surface area contributed by atoms with Gasteiger partial charge in [-0.05, 0) is 85.4 Å². The molecule has 186 valence electrons. The fraction of sp³-hybridized carbons (Fsp3) is 0.483. The number of allylic oxidation sites excluding steroid dienone is 4. The van der Waals surface area contributed by atoms with Crippen LogP contribution in [0.25, 0.3) is 11.0 Å². The molecule has 0 amide bonds. The second-order valence-electron chi connectivity index (χ2n) is 9.59. The lowest BCUT2D eigenvalue weighted by Crippen LogP contribution is -2.23. The average Bonchev–Trinajstić information content (AvgIpc) is 2.74. The van der Waals surface area contributed by atoms with Crippen molar-refractivity contribution in [1.82, 2.24) is 0 Å². The molecule has 0 bridgehead atoms. The molecule has 1 heterocycles. The number of para-hydroxylation sites is 1. The zero-order chi connectivity index (χ0) is 25.1. The second-order valence-corrected chi connectivity index (χ2v) is 9.59. The predicted molar refractivity (Wildman–Crippen MR) is 140 cm³/mol. The number of hydrogen-bond donors (Lipinski definition) is 0. The summed E-state index contributed by atoms with van der Waals surface area (Å²) in [4.78, 5) is 12.9. The van der Waals surface area contributed by atoms with Gasteiger partial charge in [0.15, 0.2) is 17.1 Å². The number of hydrogen-bond acceptors (Lipinski definition) is 5. The monoisotopic (exact) mass is 468 g/mol. The molecule has 0 aliphatic rings. The van der Waals surface area contributed by atoms with E-state index in [2.05, 4.69) is 39.8 Å². The second kappa shape index (κ2) is 13.1. The highest BCUT2D eigenvalue weighted by Crippen LogP contribution is 2.38. The molecule has 0 unspecified atom stereocenters. The van der Waals surface area contributed by atoms with Gasteiger partial charge < -0.3 is 18.6 Å². The molecule has 0 aliphatic carbocycles. The first-order valence-electron chi connectivity index (χ1n) is 12.1. The molecule has 1 aromatic heterocycles. The van der Waals surface area contributed by atoms with E-state index in [9.17, 15) is 4.79 Å². The first kappa shape index (κ1) is 27.3. The van der Waals surface area contributed by atoms with Crippen molar-refractivity contribution in [2.75, 3.05) is 13.2 Å². The van der Waals surface area contributed by atoms with Gasteiger partial charge in [-0.15, -0.1) is 0 Å². The zero-order valence-corrected chi connectivity index (χ0v) is 21.8. The fourth-order valence-electron chi connectivity index (χ4n) is 3.30. The molecule has 0 radical (unpaired) electrons. The van der Waals surface area contributed by atoms with Gasteiger partial charge in [0.05, 0.1) is 12.0 Å². The Morgan fingerprint density at radius 3 is 2.44 bits per heavy atom. The summed E-state index contributed by atoms with van der Waals surface area (Å²) < 4.78 is 23.7. The topological polar surface area (TPSA) is 57.9 Å². The molecule has 2 aromatic rings. The Balaban J connectivity index is 2.38. The van der Waals surface area contributed by atoms with E-state index in [4.69, 9.17) is 18.6 Å². The van der Waals surface area contributed by atoms with Crippen molar-refractivity contribution in [1.29, 1.82) is 0 Å². The normalized spacial score (nSPS) is 12.3. The number of rotatable bonds is 12. The van der Waals surface area contributed by atoms with Crippen molar-refractivity contribution in [2.45, 2.75) is 79.8 Å². The van der Waals surface area contributed by atoms with Gasteiger partial charge >= 0.3 is 5.63 Å². The molecule has 34 heavy (non-hydrogen) atoms. The van der Waals surface area contributed by atoms with Crippen molar-refractivity contribution in [3.63, 3.8) is 0 Å². The van der Waals surface area contributed by atoms with Crippen LogP contribution < -0.4 is 19.8 Å². The minimum Gasteiger partial charge on any atom is -0.485 e. The summed E-state index contributed by atoms with van der Waals surface area (Å²) in [5, 5.41) is 0.649. The van der Waals surface area contributed by atoms with Crippen molar-refractivity contribution >= 4 is 11.0 Å². The lowest BCUT2D eigenvalue weighted by Gasteiger charge is -2.22. The number of benzene rings is 1. The van der Waals surface area contributed by atoms with Crippen molar-refractivity contribution in [3.8, 4) is 17.2 Å². The highest BCUT2D eigenvalue weighted by Gasteiger charge is 2.22. The molecule has 5 nitrogen and oxygen atoms in total. The first-order chi connectivity index (χ1) is 16.1. The number of ether oxygens (including phenoxy) is 3. The molecule has 5 heteroatoms. The summed E-state index contributed by atoms with van der Waals surface area (Å²) in [5.74, 6) is 0.983. The van der Waals surface area contributed by atoms with Gasteiger partial charge in [0.1, 0.15) is 12.2 Å². The summed E-state index contributed by atoms with van der Waals surface area (Å²) in [6.45, 7) is 14.9. The van der Waals surface area contributed by atoms with E-state index in [0.29, 0.717) is 42.1 Å². The molecule has 2 rings (SSSR count). The van der Waals surface area contributed by atoms with Crippen LogP contribution in [-0.4, -0.2) is 18.8 Å². The largest absolute Gasteiger partial charge is 0.485 e. The van der Waals surface area contributed by atoms with Crippen LogP contribution in [0.3, 0.4) is 0 Å². The summed E-state index contributed by atoms with van der Waals surface area (Å²) in [6.07, 6.45) is 12.0. The van der Waals surface area contributed by atoms with Gasteiger partial charge in [-0.25, -0.2) is 4.79 Å². The van der Waals surface area contributed by atoms with Crippen LogP contribution in [0.5, 0.6) is 17.2 Å². The Hall–Kier alpha value is -2.95. The maximum Gasteiger partial charge on any atom is 0.383 e. The quantitative estimate of drug-likeness (QED) is 0.181. The molecule has 0 atom stereocenters. The van der Waals surface area contributed by atoms with E-state index in [1.807, 2.05) is 45.1 Å². The molecule has 0 aliphatic heterocycles. The van der Waals surface area contributed by atoms with Gasteiger partial charge in [0.25, 0.3) is 0 Å². The van der Waals surface area contributed by atoms with E-state index < -0.39 is 11.2 Å². The SMILES string of the molecule is CCC=CCCOc1c(OCC=C(C)CCC=C(C)C)c2cccc(OC(C)(C)C)c2oc1=O. The minimum absolute atomic E-state index is 0.0981. The Labute approximate surface area is 204 Å². The maximum atomic E-state index is 12.9. The third kappa shape index (κ3) is 8.77. The Bertz CT molecular complexity index is 1080. The highest BCUT2D eigenvalue weighted by molar-refractivity contribution is 5.90. The van der Waals surface area contributed by atoms with Crippen molar-refractivity contribution < 1.29 is 18.6 Å². The Kier molecular flexibility index (Phi) is 10.5. The van der Waals surface area contributed by atoms with E-state index >= 15 is 0 Å². The molecule has 0 N–H and O–H groups in total. The van der Waals surface area contributed by atoms with Crippen LogP contribution in [-0.2, 0) is 0 Å². The van der Waals surface area contributed by atoms with E-state index in [1.54, 1.807) is 6.07 Å². The molecular formula is C29H40O5. The van der Waals surface area contributed by atoms with Crippen LogP contribution in [0.2, 0.25) is 0 Å². The van der Waals surface area contributed by atoms with Crippen LogP contribution in [0, 0.1) is 0 Å². The van der Waals surface area contributed by atoms with Gasteiger partial charge in [0, 0.05) is 0 Å². The summed E-state index contributed by atoms with van der Waals surface area (Å²) in [5.41, 5.74) is 1.89. The van der Waals surface area contributed by atoms with Crippen LogP contribution in [0.4, 0.5) is 0 Å². The summed E-state index contributed by atoms with van der Waals surface area (Å²) in [7, 11) is 0. The zero-order valence-electron chi connectivity index (χ0n) is 21.8. The molecule has 0 saturated carbocycles. The van der Waals surface area contributed by atoms with Gasteiger partial charge in [-0.1, -0.05) is 42.4 Å². The van der Waals surface area contributed by atoms with Crippen LogP contribution >= 0.6 is 0 Å². The van der Waals surface area contributed by atoms with Crippen molar-refractivity contribution in [2.24, 2.45) is 0 Å². The summed E-state index contributed by atoms with van der Waals surface area (Å²) in [6, 6.07) is 5.52. The molecule has 0 spiro atoms. The van der Waals surface area contributed by atoms with Crippen LogP contribution in [0.15, 0.2) is 62.9 Å². The van der Waals surface area contributed by atoms with Gasteiger partial charge in [-0.3, -0.25) is 0 Å². The Morgan fingerprint density at radius 2 is 1.76 bits per heavy atom. The Morgan fingerprint density at radius 1 is 1.00 bits per heavy atom. The third-order valence-electron chi connectivity index (χ3n) is 4.91. The molecule has 1 aromatic carbocycles. The minimum atomic E-state index is -0.573. The summed E-state index contributed by atoms with van der Waals surface area (Å²) >= 11 is 0. The first-order valence-corrected chi connectivity index (χ1v) is 12.1. The molecule has 0 fully saturated rings. The smallest absolute Gasteiger partial charge is 0.383 e. The lowest BCUT2D eigenvalue weighted by molar-refractivity contribution is 0.131. The third-order valence-corrected chi connectivity index (χ3v) is 4.91. The molecule has 0 saturated heterocycles. The van der Waals surface area contributed by atoms with Crippen LogP contribution in [0.1, 0.15) is 74.1 Å². The number of fused-ring (bicyclic) bond motifs is 1.